The zero-order valence-electron chi connectivity index (χ0n) is 13.2. The highest BCUT2D eigenvalue weighted by atomic mass is 16.6. The number of hydrogen-bond acceptors (Lipinski definition) is 6. The Morgan fingerprint density at radius 2 is 2.04 bits per heavy atom. The third-order valence-electron chi connectivity index (χ3n) is 3.13. The van der Waals surface area contributed by atoms with E-state index in [1.165, 1.54) is 12.5 Å². The van der Waals surface area contributed by atoms with E-state index < -0.39 is 5.97 Å². The van der Waals surface area contributed by atoms with Gasteiger partial charge in [0.1, 0.15) is 12.0 Å². The summed E-state index contributed by atoms with van der Waals surface area (Å²) in [5.41, 5.74) is 1.69. The van der Waals surface area contributed by atoms with Crippen molar-refractivity contribution in [2.75, 3.05) is 13.2 Å². The maximum atomic E-state index is 12.3. The van der Waals surface area contributed by atoms with Crippen LogP contribution in [0.3, 0.4) is 0 Å². The largest absolute Gasteiger partial charge is 0.463 e. The Kier molecular flexibility index (Phi) is 5.35. The number of hydrogen-bond donors (Lipinski definition) is 1. The Hall–Kier alpha value is -2.83. The van der Waals surface area contributed by atoms with E-state index in [-0.39, 0.29) is 30.1 Å². The minimum atomic E-state index is -0.531. The molecule has 0 aliphatic carbocycles. The minimum absolute atomic E-state index is 0.236. The number of Topliss-reactive ketones (excluding diaryl/α,β-unsaturated/α-hetero) is 1. The van der Waals surface area contributed by atoms with Crippen molar-refractivity contribution in [2.24, 2.45) is 5.16 Å². The lowest BCUT2D eigenvalue weighted by Gasteiger charge is -2.05. The van der Waals surface area contributed by atoms with Gasteiger partial charge in [-0.15, -0.1) is 0 Å². The molecule has 0 bridgehead atoms. The van der Waals surface area contributed by atoms with E-state index in [1.54, 1.807) is 32.9 Å². The number of furan rings is 1. The van der Waals surface area contributed by atoms with Gasteiger partial charge in [-0.05, 0) is 32.9 Å². The van der Waals surface area contributed by atoms with Crippen molar-refractivity contribution >= 4 is 18.0 Å². The van der Waals surface area contributed by atoms with Crippen LogP contribution in [0.1, 0.15) is 44.8 Å². The Morgan fingerprint density at radius 1 is 1.30 bits per heavy atom. The fraction of sp³-hybridized carbons (Fsp3) is 0.312. The van der Waals surface area contributed by atoms with Crippen LogP contribution in [0.25, 0.3) is 0 Å². The minimum Gasteiger partial charge on any atom is -0.463 e. The van der Waals surface area contributed by atoms with Crippen LogP contribution in [-0.4, -0.2) is 36.2 Å². The molecule has 0 saturated carbocycles. The fourth-order valence-corrected chi connectivity index (χ4v) is 2.21. The lowest BCUT2D eigenvalue weighted by Crippen LogP contribution is -2.15. The lowest BCUT2D eigenvalue weighted by molar-refractivity contribution is 0.0520. The number of aromatic nitrogens is 1. The van der Waals surface area contributed by atoms with Crippen molar-refractivity contribution in [1.82, 2.24) is 4.98 Å². The van der Waals surface area contributed by atoms with Crippen LogP contribution in [0.15, 0.2) is 28.0 Å². The second-order valence-corrected chi connectivity index (χ2v) is 4.79. The molecule has 0 aliphatic heterocycles. The van der Waals surface area contributed by atoms with Gasteiger partial charge in [0.2, 0.25) is 5.78 Å². The van der Waals surface area contributed by atoms with E-state index in [0.29, 0.717) is 17.1 Å². The number of esters is 1. The first-order chi connectivity index (χ1) is 11.0. The van der Waals surface area contributed by atoms with Gasteiger partial charge < -0.3 is 19.0 Å². The van der Waals surface area contributed by atoms with Gasteiger partial charge in [-0.3, -0.25) is 4.79 Å². The van der Waals surface area contributed by atoms with E-state index in [4.69, 9.17) is 14.0 Å². The van der Waals surface area contributed by atoms with Crippen LogP contribution < -0.4 is 0 Å². The van der Waals surface area contributed by atoms with Gasteiger partial charge in [-0.25, -0.2) is 4.79 Å². The molecule has 0 fully saturated rings. The molecule has 0 unspecified atom stereocenters. The Balaban J connectivity index is 2.08. The molecule has 7 nitrogen and oxygen atoms in total. The Bertz CT molecular complexity index is 713. The van der Waals surface area contributed by atoms with Gasteiger partial charge in [0.15, 0.2) is 6.61 Å². The molecule has 23 heavy (non-hydrogen) atoms. The monoisotopic (exact) mass is 318 g/mol. The second kappa shape index (κ2) is 7.44. The predicted octanol–water partition coefficient (Wildman–Crippen LogP) is 2.63. The van der Waals surface area contributed by atoms with E-state index >= 15 is 0 Å². The van der Waals surface area contributed by atoms with E-state index in [1.807, 2.05) is 0 Å². The van der Waals surface area contributed by atoms with Crippen LogP contribution in [0, 0.1) is 13.8 Å². The van der Waals surface area contributed by atoms with Crippen molar-refractivity contribution in [3.63, 3.8) is 0 Å². The lowest BCUT2D eigenvalue weighted by atomic mass is 10.1. The summed E-state index contributed by atoms with van der Waals surface area (Å²) in [5.74, 6) is -0.374. The summed E-state index contributed by atoms with van der Waals surface area (Å²) < 4.78 is 10.0. The molecule has 2 heterocycles. The highest BCUT2D eigenvalue weighted by molar-refractivity contribution is 6.08. The van der Waals surface area contributed by atoms with Gasteiger partial charge >= 0.3 is 5.97 Å². The molecule has 122 valence electrons. The highest BCUT2D eigenvalue weighted by Crippen LogP contribution is 2.20. The smallest absolute Gasteiger partial charge is 0.340 e. The predicted molar refractivity (Wildman–Crippen MR) is 82.8 cm³/mol. The normalized spacial score (nSPS) is 10.9. The summed E-state index contributed by atoms with van der Waals surface area (Å²) in [6, 6.07) is 3.41. The number of carbonyl (C=O) groups excluding carboxylic acids is 2. The third kappa shape index (κ3) is 3.88. The van der Waals surface area contributed by atoms with Gasteiger partial charge in [-0.1, -0.05) is 5.16 Å². The number of ketones is 1. The zero-order valence-corrected chi connectivity index (χ0v) is 13.2. The molecule has 0 spiro atoms. The molecular formula is C16H18N2O5. The number of oxime groups is 1. The number of aryl methyl sites for hydroxylation is 2. The zero-order chi connectivity index (χ0) is 16.8. The van der Waals surface area contributed by atoms with Crippen molar-refractivity contribution in [3.8, 4) is 0 Å². The summed E-state index contributed by atoms with van der Waals surface area (Å²) in [5, 5.41) is 3.66. The standard InChI is InChI=1S/C16H18N2O5/c1-4-21-16(20)15-11(3)18-10(2)14(15)13(19)9-23-17-8-12-6-5-7-22-12/h5-8,18H,4,9H2,1-3H3. The molecule has 7 heteroatoms. The van der Waals surface area contributed by atoms with Crippen LogP contribution in [-0.2, 0) is 9.57 Å². The molecule has 0 aliphatic rings. The first-order valence-corrected chi connectivity index (χ1v) is 7.12. The topological polar surface area (TPSA) is 93.9 Å². The quantitative estimate of drug-likeness (QED) is 0.366. The number of nitrogens with zero attached hydrogens (tertiary/aromatic N) is 1. The summed E-state index contributed by atoms with van der Waals surface area (Å²) in [4.78, 5) is 32.3. The molecule has 2 aromatic heterocycles. The van der Waals surface area contributed by atoms with E-state index in [2.05, 4.69) is 10.1 Å². The van der Waals surface area contributed by atoms with Gasteiger partial charge in [0, 0.05) is 11.4 Å². The van der Waals surface area contributed by atoms with E-state index in [9.17, 15) is 9.59 Å². The SMILES string of the molecule is CCOC(=O)c1c(C)[nH]c(C)c1C(=O)CON=Cc1ccco1. The number of carbonyl (C=O) groups is 2. The summed E-state index contributed by atoms with van der Waals surface area (Å²) >= 11 is 0. The van der Waals surface area contributed by atoms with E-state index in [0.717, 1.165) is 0 Å². The first-order valence-electron chi connectivity index (χ1n) is 7.12. The average Bonchev–Trinajstić information content (AvgIpc) is 3.11. The van der Waals surface area contributed by atoms with Crippen molar-refractivity contribution in [1.29, 1.82) is 0 Å². The Morgan fingerprint density at radius 3 is 2.70 bits per heavy atom. The molecule has 2 aromatic rings. The van der Waals surface area contributed by atoms with Crippen molar-refractivity contribution in [3.05, 3.63) is 46.7 Å². The molecule has 0 amide bonds. The molecule has 0 radical (unpaired) electrons. The van der Waals surface area contributed by atoms with Crippen molar-refractivity contribution < 1.29 is 23.6 Å². The molecule has 0 atom stereocenters. The molecule has 1 N–H and O–H groups in total. The summed E-state index contributed by atoms with van der Waals surface area (Å²) in [6.45, 7) is 5.09. The second-order valence-electron chi connectivity index (χ2n) is 4.79. The highest BCUT2D eigenvalue weighted by Gasteiger charge is 2.25. The third-order valence-corrected chi connectivity index (χ3v) is 3.13. The number of H-pyrrole nitrogens is 1. The van der Waals surface area contributed by atoms with Crippen LogP contribution in [0.5, 0.6) is 0 Å². The summed E-state index contributed by atoms with van der Waals surface area (Å²) in [6.07, 6.45) is 2.86. The molecule has 0 aromatic carbocycles. The van der Waals surface area contributed by atoms with Crippen LogP contribution >= 0.6 is 0 Å². The molecular weight excluding hydrogens is 300 g/mol. The maximum absolute atomic E-state index is 12.3. The van der Waals surface area contributed by atoms with Gasteiger partial charge in [0.05, 0.1) is 24.0 Å². The van der Waals surface area contributed by atoms with Gasteiger partial charge in [0.25, 0.3) is 0 Å². The molecule has 0 saturated heterocycles. The van der Waals surface area contributed by atoms with Crippen LogP contribution in [0.2, 0.25) is 0 Å². The number of aromatic amines is 1. The number of ether oxygens (including phenoxy) is 1. The maximum Gasteiger partial charge on any atom is 0.340 e. The summed E-state index contributed by atoms with van der Waals surface area (Å²) in [7, 11) is 0. The first kappa shape index (κ1) is 16.5. The number of rotatable bonds is 7. The fourth-order valence-electron chi connectivity index (χ4n) is 2.21. The Labute approximate surface area is 133 Å². The van der Waals surface area contributed by atoms with Crippen LogP contribution in [0.4, 0.5) is 0 Å². The average molecular weight is 318 g/mol. The van der Waals surface area contributed by atoms with Crippen molar-refractivity contribution in [2.45, 2.75) is 20.8 Å². The van der Waals surface area contributed by atoms with Gasteiger partial charge in [-0.2, -0.15) is 0 Å². The molecule has 2 rings (SSSR count). The number of nitrogens with one attached hydrogen (secondary N) is 1.